The van der Waals surface area contributed by atoms with E-state index in [0.29, 0.717) is 24.0 Å². The SMILES string of the molecule is CC(C)NCc1sccc1S(=O)(=O)N1CCCC1C. The molecular formula is C13H22N2O2S2. The van der Waals surface area contributed by atoms with Gasteiger partial charge in [0, 0.05) is 30.1 Å². The Kier molecular flexibility index (Phi) is 4.66. The highest BCUT2D eigenvalue weighted by atomic mass is 32.2. The van der Waals surface area contributed by atoms with Crippen LogP contribution in [0.2, 0.25) is 0 Å². The Bertz CT molecular complexity index is 523. The van der Waals surface area contributed by atoms with Gasteiger partial charge in [0.05, 0.1) is 4.90 Å². The van der Waals surface area contributed by atoms with Gasteiger partial charge >= 0.3 is 0 Å². The molecule has 0 aliphatic carbocycles. The summed E-state index contributed by atoms with van der Waals surface area (Å²) in [5.74, 6) is 0. The molecule has 0 bridgehead atoms. The smallest absolute Gasteiger partial charge is 0.244 e. The van der Waals surface area contributed by atoms with E-state index in [1.807, 2.05) is 12.3 Å². The monoisotopic (exact) mass is 302 g/mol. The zero-order valence-electron chi connectivity index (χ0n) is 11.7. The van der Waals surface area contributed by atoms with E-state index >= 15 is 0 Å². The third-order valence-corrected chi connectivity index (χ3v) is 6.60. The van der Waals surface area contributed by atoms with Gasteiger partial charge in [0.15, 0.2) is 0 Å². The molecule has 0 amide bonds. The molecule has 6 heteroatoms. The maximum atomic E-state index is 12.7. The fraction of sp³-hybridized carbons (Fsp3) is 0.692. The number of hydrogen-bond acceptors (Lipinski definition) is 4. The molecule has 108 valence electrons. The third kappa shape index (κ3) is 3.18. The average Bonchev–Trinajstić information content (AvgIpc) is 2.94. The molecule has 1 atom stereocenters. The van der Waals surface area contributed by atoms with Crippen LogP contribution >= 0.6 is 11.3 Å². The summed E-state index contributed by atoms with van der Waals surface area (Å²) in [6, 6.07) is 2.21. The van der Waals surface area contributed by atoms with Crippen LogP contribution in [0.15, 0.2) is 16.3 Å². The van der Waals surface area contributed by atoms with Crippen LogP contribution in [-0.2, 0) is 16.6 Å². The first kappa shape index (κ1) is 15.0. The molecule has 1 aliphatic rings. The molecule has 0 saturated carbocycles. The first-order valence-electron chi connectivity index (χ1n) is 6.74. The van der Waals surface area contributed by atoms with E-state index in [0.717, 1.165) is 17.7 Å². The van der Waals surface area contributed by atoms with E-state index in [2.05, 4.69) is 19.2 Å². The number of nitrogens with one attached hydrogen (secondary N) is 1. The number of nitrogens with zero attached hydrogens (tertiary/aromatic N) is 1. The lowest BCUT2D eigenvalue weighted by Gasteiger charge is -2.21. The minimum atomic E-state index is -3.32. The van der Waals surface area contributed by atoms with Crippen LogP contribution in [0.25, 0.3) is 0 Å². The molecule has 1 N–H and O–H groups in total. The van der Waals surface area contributed by atoms with Gasteiger partial charge in [-0.3, -0.25) is 0 Å². The fourth-order valence-electron chi connectivity index (χ4n) is 2.37. The van der Waals surface area contributed by atoms with Crippen molar-refractivity contribution in [2.45, 2.75) is 57.1 Å². The topological polar surface area (TPSA) is 49.4 Å². The molecule has 1 aromatic heterocycles. The average molecular weight is 302 g/mol. The van der Waals surface area contributed by atoms with Gasteiger partial charge in [0.1, 0.15) is 0 Å². The highest BCUT2D eigenvalue weighted by Gasteiger charge is 2.34. The summed E-state index contributed by atoms with van der Waals surface area (Å²) in [5.41, 5.74) is 0. The van der Waals surface area contributed by atoms with E-state index in [4.69, 9.17) is 0 Å². The van der Waals surface area contributed by atoms with E-state index in [-0.39, 0.29) is 6.04 Å². The molecule has 4 nitrogen and oxygen atoms in total. The van der Waals surface area contributed by atoms with Crippen LogP contribution in [0.4, 0.5) is 0 Å². The normalized spacial score (nSPS) is 21.4. The van der Waals surface area contributed by atoms with E-state index in [1.54, 1.807) is 10.4 Å². The van der Waals surface area contributed by atoms with Gasteiger partial charge in [-0.25, -0.2) is 8.42 Å². The van der Waals surface area contributed by atoms with E-state index in [1.165, 1.54) is 11.3 Å². The molecule has 0 aromatic carbocycles. The van der Waals surface area contributed by atoms with Gasteiger partial charge in [0.25, 0.3) is 0 Å². The maximum absolute atomic E-state index is 12.7. The molecule has 0 radical (unpaired) electrons. The quantitative estimate of drug-likeness (QED) is 0.909. The zero-order chi connectivity index (χ0) is 14.0. The number of sulfonamides is 1. The second kappa shape index (κ2) is 5.91. The molecule has 1 aromatic rings. The largest absolute Gasteiger partial charge is 0.310 e. The summed E-state index contributed by atoms with van der Waals surface area (Å²) in [5, 5.41) is 5.16. The zero-order valence-corrected chi connectivity index (χ0v) is 13.4. The Morgan fingerprint density at radius 2 is 2.26 bits per heavy atom. The highest BCUT2D eigenvalue weighted by Crippen LogP contribution is 2.30. The van der Waals surface area contributed by atoms with Gasteiger partial charge in [-0.2, -0.15) is 4.31 Å². The molecule has 2 rings (SSSR count). The van der Waals surface area contributed by atoms with Crippen LogP contribution < -0.4 is 5.32 Å². The van der Waals surface area contributed by atoms with Gasteiger partial charge in [0.2, 0.25) is 10.0 Å². The number of hydrogen-bond donors (Lipinski definition) is 1. The van der Waals surface area contributed by atoms with Crippen molar-refractivity contribution in [3.63, 3.8) is 0 Å². The number of thiophene rings is 1. The van der Waals surface area contributed by atoms with E-state index < -0.39 is 10.0 Å². The molecule has 2 heterocycles. The Morgan fingerprint density at radius 3 is 2.84 bits per heavy atom. The molecule has 19 heavy (non-hydrogen) atoms. The first-order chi connectivity index (χ1) is 8.93. The summed E-state index contributed by atoms with van der Waals surface area (Å²) in [4.78, 5) is 1.40. The molecule has 1 aliphatic heterocycles. The Morgan fingerprint density at radius 1 is 1.53 bits per heavy atom. The van der Waals surface area contributed by atoms with Crippen molar-refractivity contribution in [2.24, 2.45) is 0 Å². The standard InChI is InChI=1S/C13H22N2O2S2/c1-10(2)14-9-12-13(6-8-18-12)19(16,17)15-7-4-5-11(15)3/h6,8,10-11,14H,4-5,7,9H2,1-3H3. The van der Waals surface area contributed by atoms with Crippen LogP contribution in [-0.4, -0.2) is 31.4 Å². The summed E-state index contributed by atoms with van der Waals surface area (Å²) in [6.45, 7) is 7.38. The van der Waals surface area contributed by atoms with E-state index in [9.17, 15) is 8.42 Å². The Hall–Kier alpha value is -0.430. The molecule has 0 spiro atoms. The van der Waals surface area contributed by atoms with Crippen LogP contribution in [0.1, 0.15) is 38.5 Å². The maximum Gasteiger partial charge on any atom is 0.244 e. The van der Waals surface area contributed by atoms with Crippen molar-refractivity contribution in [2.75, 3.05) is 6.54 Å². The predicted octanol–water partition coefficient (Wildman–Crippen LogP) is 2.42. The minimum Gasteiger partial charge on any atom is -0.310 e. The lowest BCUT2D eigenvalue weighted by molar-refractivity contribution is 0.408. The Labute approximate surface area is 119 Å². The number of rotatable bonds is 5. The fourth-order valence-corrected chi connectivity index (χ4v) is 5.44. The Balaban J connectivity index is 2.23. The van der Waals surface area contributed by atoms with Crippen molar-refractivity contribution in [3.8, 4) is 0 Å². The highest BCUT2D eigenvalue weighted by molar-refractivity contribution is 7.89. The second-order valence-corrected chi connectivity index (χ2v) is 8.21. The van der Waals surface area contributed by atoms with Crippen molar-refractivity contribution in [3.05, 3.63) is 16.3 Å². The van der Waals surface area contributed by atoms with Gasteiger partial charge in [-0.15, -0.1) is 11.3 Å². The van der Waals surface area contributed by atoms with Gasteiger partial charge in [-0.1, -0.05) is 13.8 Å². The van der Waals surface area contributed by atoms with Crippen molar-refractivity contribution in [1.82, 2.24) is 9.62 Å². The second-order valence-electron chi connectivity index (χ2n) is 5.35. The minimum absolute atomic E-state index is 0.121. The van der Waals surface area contributed by atoms with Gasteiger partial charge in [-0.05, 0) is 31.2 Å². The van der Waals surface area contributed by atoms with Crippen molar-refractivity contribution >= 4 is 21.4 Å². The third-order valence-electron chi connectivity index (χ3n) is 3.45. The lowest BCUT2D eigenvalue weighted by atomic mass is 10.3. The summed E-state index contributed by atoms with van der Waals surface area (Å²) >= 11 is 1.51. The lowest BCUT2D eigenvalue weighted by Crippen LogP contribution is -2.34. The summed E-state index contributed by atoms with van der Waals surface area (Å²) in [6.07, 6.45) is 1.92. The molecule has 1 saturated heterocycles. The summed E-state index contributed by atoms with van der Waals surface area (Å²) < 4.78 is 27.0. The molecule has 1 fully saturated rings. The van der Waals surface area contributed by atoms with Crippen molar-refractivity contribution in [1.29, 1.82) is 0 Å². The summed E-state index contributed by atoms with van der Waals surface area (Å²) in [7, 11) is -3.32. The van der Waals surface area contributed by atoms with Crippen LogP contribution in [0.5, 0.6) is 0 Å². The van der Waals surface area contributed by atoms with Gasteiger partial charge < -0.3 is 5.32 Å². The molecular weight excluding hydrogens is 280 g/mol. The van der Waals surface area contributed by atoms with Crippen molar-refractivity contribution < 1.29 is 8.42 Å². The molecule has 1 unspecified atom stereocenters. The van der Waals surface area contributed by atoms with Crippen LogP contribution in [0.3, 0.4) is 0 Å². The first-order valence-corrected chi connectivity index (χ1v) is 9.06. The predicted molar refractivity (Wildman–Crippen MR) is 78.9 cm³/mol. The van der Waals surface area contributed by atoms with Crippen LogP contribution in [0, 0.1) is 0 Å².